The molecule has 1 aliphatic rings. The molecule has 0 amide bonds. The molecular weight excluding hydrogens is 319 g/mol. The smallest absolute Gasteiger partial charge is 0.312 e. The Morgan fingerprint density at radius 2 is 2.00 bits per heavy atom. The lowest BCUT2D eigenvalue weighted by Gasteiger charge is -2.26. The average Bonchev–Trinajstić information content (AvgIpc) is 2.36. The van der Waals surface area contributed by atoms with E-state index in [1.54, 1.807) is 0 Å². The molecule has 1 aromatic rings. The summed E-state index contributed by atoms with van der Waals surface area (Å²) in [6, 6.07) is 2.34. The highest BCUT2D eigenvalue weighted by molar-refractivity contribution is 9.10. The van der Waals surface area contributed by atoms with E-state index in [-0.39, 0.29) is 28.1 Å². The lowest BCUT2D eigenvalue weighted by atomic mass is 9.94. The monoisotopic (exact) mass is 332 g/mol. The van der Waals surface area contributed by atoms with Crippen molar-refractivity contribution < 1.29 is 14.1 Å². The molecule has 7 heteroatoms. The van der Waals surface area contributed by atoms with Gasteiger partial charge >= 0.3 is 5.69 Å². The normalized spacial score (nSPS) is 23.1. The van der Waals surface area contributed by atoms with Crippen molar-refractivity contribution in [3.05, 3.63) is 32.5 Å². The zero-order chi connectivity index (χ0) is 14.0. The number of nitrogens with zero attached hydrogens (tertiary/aromatic N) is 1. The number of nitro benzene ring substituents is 1. The highest BCUT2D eigenvalue weighted by Gasteiger charge is 2.25. The van der Waals surface area contributed by atoms with Crippen molar-refractivity contribution >= 4 is 21.6 Å². The molecular formula is C12H14BrFN2O3. The molecule has 0 unspecified atom stereocenters. The van der Waals surface area contributed by atoms with Crippen molar-refractivity contribution in [2.24, 2.45) is 5.73 Å². The van der Waals surface area contributed by atoms with Crippen molar-refractivity contribution in [1.82, 2.24) is 0 Å². The molecule has 1 saturated carbocycles. The maximum atomic E-state index is 13.5. The Kier molecular flexibility index (Phi) is 4.36. The number of hydrogen-bond acceptors (Lipinski definition) is 4. The summed E-state index contributed by atoms with van der Waals surface area (Å²) in [4.78, 5) is 10.4. The lowest BCUT2D eigenvalue weighted by Crippen LogP contribution is -2.31. The van der Waals surface area contributed by atoms with Crippen LogP contribution in [0.2, 0.25) is 0 Å². The second-order valence-electron chi connectivity index (χ2n) is 4.65. The first kappa shape index (κ1) is 14.2. The quantitative estimate of drug-likeness (QED) is 0.681. The van der Waals surface area contributed by atoms with E-state index in [0.717, 1.165) is 37.8 Å². The van der Waals surface area contributed by atoms with Crippen molar-refractivity contribution in [2.75, 3.05) is 0 Å². The summed E-state index contributed by atoms with van der Waals surface area (Å²) in [7, 11) is 0. The van der Waals surface area contributed by atoms with Crippen molar-refractivity contribution in [1.29, 1.82) is 0 Å². The number of nitro groups is 1. The van der Waals surface area contributed by atoms with Crippen LogP contribution in [0.5, 0.6) is 5.75 Å². The van der Waals surface area contributed by atoms with Gasteiger partial charge in [0, 0.05) is 18.2 Å². The Morgan fingerprint density at radius 3 is 2.58 bits per heavy atom. The van der Waals surface area contributed by atoms with Gasteiger partial charge < -0.3 is 10.5 Å². The van der Waals surface area contributed by atoms with E-state index in [2.05, 4.69) is 15.9 Å². The third kappa shape index (κ3) is 3.42. The standard InChI is InChI=1S/C12H14BrFN2O3/c13-9-5-11(16(17)18)12(6-10(9)14)19-8-3-1-7(15)2-4-8/h5-8H,1-4,15H2. The minimum Gasteiger partial charge on any atom is -0.483 e. The van der Waals surface area contributed by atoms with Crippen LogP contribution >= 0.6 is 15.9 Å². The Morgan fingerprint density at radius 1 is 1.37 bits per heavy atom. The number of rotatable bonds is 3. The fraction of sp³-hybridized carbons (Fsp3) is 0.500. The molecule has 19 heavy (non-hydrogen) atoms. The van der Waals surface area contributed by atoms with E-state index < -0.39 is 10.7 Å². The maximum Gasteiger partial charge on any atom is 0.312 e. The Hall–Kier alpha value is -1.21. The third-order valence-electron chi connectivity index (χ3n) is 3.21. The van der Waals surface area contributed by atoms with Gasteiger partial charge in [0.1, 0.15) is 5.82 Å². The van der Waals surface area contributed by atoms with E-state index in [4.69, 9.17) is 10.5 Å². The zero-order valence-corrected chi connectivity index (χ0v) is 11.7. The van der Waals surface area contributed by atoms with Gasteiger partial charge in [-0.15, -0.1) is 0 Å². The summed E-state index contributed by atoms with van der Waals surface area (Å²) in [5.41, 5.74) is 5.55. The largest absolute Gasteiger partial charge is 0.483 e. The van der Waals surface area contributed by atoms with Gasteiger partial charge in [0.2, 0.25) is 0 Å². The van der Waals surface area contributed by atoms with E-state index in [0.29, 0.717) is 0 Å². The topological polar surface area (TPSA) is 78.4 Å². The Bertz CT molecular complexity index is 490. The molecule has 0 bridgehead atoms. The van der Waals surface area contributed by atoms with Gasteiger partial charge in [0.05, 0.1) is 15.5 Å². The second-order valence-corrected chi connectivity index (χ2v) is 5.50. The number of nitrogens with two attached hydrogens (primary N) is 1. The molecule has 5 nitrogen and oxygen atoms in total. The van der Waals surface area contributed by atoms with E-state index in [1.807, 2.05) is 0 Å². The van der Waals surface area contributed by atoms with Gasteiger partial charge in [-0.2, -0.15) is 0 Å². The van der Waals surface area contributed by atoms with Crippen molar-refractivity contribution in [2.45, 2.75) is 37.8 Å². The first-order valence-corrected chi connectivity index (χ1v) is 6.82. The minimum absolute atomic E-state index is 0.0221. The number of halogens is 2. The van der Waals surface area contributed by atoms with Crippen LogP contribution in [0.1, 0.15) is 25.7 Å². The van der Waals surface area contributed by atoms with Crippen molar-refractivity contribution in [3.63, 3.8) is 0 Å². The average molecular weight is 333 g/mol. The van der Waals surface area contributed by atoms with Gasteiger partial charge in [-0.3, -0.25) is 10.1 Å². The molecule has 2 rings (SSSR count). The predicted molar refractivity (Wildman–Crippen MR) is 71.6 cm³/mol. The number of hydrogen-bond donors (Lipinski definition) is 1. The molecule has 2 N–H and O–H groups in total. The Balaban J connectivity index is 2.19. The van der Waals surface area contributed by atoms with Gasteiger partial charge in [0.25, 0.3) is 0 Å². The minimum atomic E-state index is -0.576. The maximum absolute atomic E-state index is 13.5. The number of ether oxygens (including phenoxy) is 1. The fourth-order valence-corrected chi connectivity index (χ4v) is 2.47. The summed E-state index contributed by atoms with van der Waals surface area (Å²) < 4.78 is 19.1. The highest BCUT2D eigenvalue weighted by atomic mass is 79.9. The molecule has 0 saturated heterocycles. The molecule has 0 atom stereocenters. The molecule has 0 heterocycles. The van der Waals surface area contributed by atoms with Crippen LogP contribution in [0.4, 0.5) is 10.1 Å². The summed E-state index contributed by atoms with van der Waals surface area (Å²) in [6.07, 6.45) is 2.96. The fourth-order valence-electron chi connectivity index (χ4n) is 2.14. The van der Waals surface area contributed by atoms with Crippen LogP contribution in [-0.4, -0.2) is 17.1 Å². The zero-order valence-electron chi connectivity index (χ0n) is 10.1. The van der Waals surface area contributed by atoms with Gasteiger partial charge in [-0.05, 0) is 41.6 Å². The molecule has 1 fully saturated rings. The molecule has 0 aromatic heterocycles. The number of benzene rings is 1. The molecule has 1 aliphatic carbocycles. The summed E-state index contributed by atoms with van der Waals surface area (Å²) >= 11 is 2.93. The summed E-state index contributed by atoms with van der Waals surface area (Å²) in [5.74, 6) is -0.598. The molecule has 0 aliphatic heterocycles. The first-order chi connectivity index (χ1) is 8.97. The summed E-state index contributed by atoms with van der Waals surface area (Å²) in [5, 5.41) is 10.9. The van der Waals surface area contributed by atoms with E-state index in [1.165, 1.54) is 0 Å². The SMILES string of the molecule is NC1CCC(Oc2cc(F)c(Br)cc2[N+](=O)[O-])CC1. The van der Waals surface area contributed by atoms with Crippen LogP contribution in [0.3, 0.4) is 0 Å². The summed E-state index contributed by atoms with van der Waals surface area (Å²) in [6.45, 7) is 0. The third-order valence-corrected chi connectivity index (χ3v) is 3.82. The van der Waals surface area contributed by atoms with Gasteiger partial charge in [-0.1, -0.05) is 0 Å². The predicted octanol–water partition coefficient (Wildman–Crippen LogP) is 3.15. The van der Waals surface area contributed by atoms with Crippen molar-refractivity contribution in [3.8, 4) is 5.75 Å². The molecule has 1 aromatic carbocycles. The van der Waals surface area contributed by atoms with Crippen LogP contribution < -0.4 is 10.5 Å². The lowest BCUT2D eigenvalue weighted by molar-refractivity contribution is -0.386. The molecule has 0 spiro atoms. The second kappa shape index (κ2) is 5.83. The Labute approximate surface area is 118 Å². The van der Waals surface area contributed by atoms with Gasteiger partial charge in [0.15, 0.2) is 5.75 Å². The van der Waals surface area contributed by atoms with E-state index in [9.17, 15) is 14.5 Å². The molecule has 104 valence electrons. The van der Waals surface area contributed by atoms with Crippen LogP contribution in [-0.2, 0) is 0 Å². The van der Waals surface area contributed by atoms with Gasteiger partial charge in [-0.25, -0.2) is 4.39 Å². The molecule has 0 radical (unpaired) electrons. The van der Waals surface area contributed by atoms with Crippen LogP contribution in [0, 0.1) is 15.9 Å². The first-order valence-electron chi connectivity index (χ1n) is 6.03. The van der Waals surface area contributed by atoms with Crippen LogP contribution in [0.15, 0.2) is 16.6 Å². The van der Waals surface area contributed by atoms with E-state index >= 15 is 0 Å². The highest BCUT2D eigenvalue weighted by Crippen LogP contribution is 2.34. The van der Waals surface area contributed by atoms with Crippen LogP contribution in [0.25, 0.3) is 0 Å².